The van der Waals surface area contributed by atoms with E-state index in [9.17, 15) is 14.0 Å². The summed E-state index contributed by atoms with van der Waals surface area (Å²) in [5.74, 6) is -0.707. The number of ether oxygens (including phenoxy) is 1. The first-order valence-corrected chi connectivity index (χ1v) is 11.1. The van der Waals surface area contributed by atoms with E-state index < -0.39 is 29.7 Å². The molecule has 2 aliphatic heterocycles. The van der Waals surface area contributed by atoms with E-state index in [0.29, 0.717) is 25.2 Å². The van der Waals surface area contributed by atoms with Gasteiger partial charge in [0.25, 0.3) is 5.91 Å². The Bertz CT molecular complexity index is 883. The van der Waals surface area contributed by atoms with Crippen LogP contribution in [0.3, 0.4) is 0 Å². The Morgan fingerprint density at radius 2 is 1.72 bits per heavy atom. The van der Waals surface area contributed by atoms with E-state index in [0.717, 1.165) is 0 Å². The van der Waals surface area contributed by atoms with Crippen molar-refractivity contribution >= 4 is 24.6 Å². The van der Waals surface area contributed by atoms with Crippen molar-refractivity contribution in [1.82, 2.24) is 9.80 Å². The van der Waals surface area contributed by atoms with Crippen LogP contribution in [0.4, 0.5) is 9.18 Å². The third-order valence-electron chi connectivity index (χ3n) is 6.29. The van der Waals surface area contributed by atoms with Crippen LogP contribution in [-0.4, -0.2) is 71.4 Å². The Hall–Kier alpha value is -2.13. The Balaban J connectivity index is 1.73. The molecule has 0 spiro atoms. The zero-order chi connectivity index (χ0) is 24.1. The number of nitrogens with zero attached hydrogens (tertiary/aromatic N) is 2. The largest absolute Gasteiger partial charge is 0.497 e. The fourth-order valence-electron chi connectivity index (χ4n) is 3.74. The summed E-state index contributed by atoms with van der Waals surface area (Å²) in [6.45, 7) is 16.0. The van der Waals surface area contributed by atoms with Gasteiger partial charge in [-0.2, -0.15) is 0 Å². The van der Waals surface area contributed by atoms with Crippen molar-refractivity contribution in [3.63, 3.8) is 0 Å². The zero-order valence-electron chi connectivity index (χ0n) is 20.3. The summed E-state index contributed by atoms with van der Waals surface area (Å²) in [6, 6.07) is 4.04. The lowest BCUT2D eigenvalue weighted by molar-refractivity contribution is 0.00198. The van der Waals surface area contributed by atoms with Gasteiger partial charge in [-0.05, 0) is 73.6 Å². The van der Waals surface area contributed by atoms with Gasteiger partial charge in [-0.25, -0.2) is 9.18 Å². The number of benzene rings is 1. The van der Waals surface area contributed by atoms with E-state index in [-0.39, 0.29) is 23.5 Å². The van der Waals surface area contributed by atoms with Crippen molar-refractivity contribution < 1.29 is 28.0 Å². The van der Waals surface area contributed by atoms with Gasteiger partial charge in [0.05, 0.1) is 11.2 Å². The summed E-state index contributed by atoms with van der Waals surface area (Å²) in [4.78, 5) is 28.9. The van der Waals surface area contributed by atoms with Gasteiger partial charge in [0.2, 0.25) is 0 Å². The first kappa shape index (κ1) is 24.5. The van der Waals surface area contributed by atoms with Crippen molar-refractivity contribution in [3.05, 3.63) is 29.6 Å². The van der Waals surface area contributed by atoms with E-state index in [1.165, 1.54) is 18.2 Å². The Labute approximate surface area is 190 Å². The number of rotatable bonds is 2. The highest BCUT2D eigenvalue weighted by atomic mass is 19.1. The summed E-state index contributed by atoms with van der Waals surface area (Å²) in [5, 5.41) is 0. The number of piperazine rings is 1. The number of halogens is 1. The van der Waals surface area contributed by atoms with Crippen molar-refractivity contribution in [2.75, 3.05) is 19.6 Å². The number of hydrogen-bond donors (Lipinski definition) is 0. The van der Waals surface area contributed by atoms with Crippen LogP contribution in [0.2, 0.25) is 0 Å². The molecule has 1 aromatic rings. The lowest BCUT2D eigenvalue weighted by Crippen LogP contribution is -2.56. The highest BCUT2D eigenvalue weighted by molar-refractivity contribution is 6.62. The van der Waals surface area contributed by atoms with Crippen LogP contribution >= 0.6 is 0 Å². The molecule has 7 nitrogen and oxygen atoms in total. The molecule has 0 aliphatic carbocycles. The number of carbonyl (C=O) groups is 2. The summed E-state index contributed by atoms with van der Waals surface area (Å²) < 4.78 is 32.0. The monoisotopic (exact) mass is 448 g/mol. The molecule has 1 atom stereocenters. The van der Waals surface area contributed by atoms with Gasteiger partial charge in [0.15, 0.2) is 0 Å². The first-order valence-electron chi connectivity index (χ1n) is 11.1. The summed E-state index contributed by atoms with van der Waals surface area (Å²) in [5.41, 5.74) is -1.25. The van der Waals surface area contributed by atoms with E-state index >= 15 is 0 Å². The number of hydrogen-bond acceptors (Lipinski definition) is 5. The molecule has 0 aromatic heterocycles. The molecule has 1 unspecified atom stereocenters. The summed E-state index contributed by atoms with van der Waals surface area (Å²) in [7, 11) is -0.893. The molecule has 2 saturated heterocycles. The van der Waals surface area contributed by atoms with Gasteiger partial charge >= 0.3 is 13.2 Å². The van der Waals surface area contributed by atoms with Crippen LogP contribution in [0.1, 0.15) is 65.7 Å². The number of amides is 2. The molecule has 0 bridgehead atoms. The number of carbonyl (C=O) groups excluding carboxylic acids is 2. The Kier molecular flexibility index (Phi) is 6.39. The molecule has 1 aromatic carbocycles. The maximum absolute atomic E-state index is 14.6. The molecule has 9 heteroatoms. The topological polar surface area (TPSA) is 68.3 Å². The maximum Gasteiger partial charge on any atom is 0.497 e. The quantitative estimate of drug-likeness (QED) is 0.651. The van der Waals surface area contributed by atoms with Crippen molar-refractivity contribution in [1.29, 1.82) is 0 Å². The van der Waals surface area contributed by atoms with Crippen molar-refractivity contribution in [3.8, 4) is 0 Å². The molecular weight excluding hydrogens is 414 g/mol. The summed E-state index contributed by atoms with van der Waals surface area (Å²) >= 11 is 0. The zero-order valence-corrected chi connectivity index (χ0v) is 20.3. The lowest BCUT2D eigenvalue weighted by Gasteiger charge is -2.40. The van der Waals surface area contributed by atoms with Gasteiger partial charge in [-0.1, -0.05) is 0 Å². The third-order valence-corrected chi connectivity index (χ3v) is 6.29. The van der Waals surface area contributed by atoms with Gasteiger partial charge in [0, 0.05) is 36.7 Å². The minimum absolute atomic E-state index is 0.203. The molecule has 0 N–H and O–H groups in total. The highest BCUT2D eigenvalue weighted by Crippen LogP contribution is 2.36. The predicted octanol–water partition coefficient (Wildman–Crippen LogP) is 3.21. The molecule has 3 rings (SSSR count). The highest BCUT2D eigenvalue weighted by Gasteiger charge is 2.52. The fraction of sp³-hybridized carbons (Fsp3) is 0.652. The van der Waals surface area contributed by atoms with Crippen LogP contribution < -0.4 is 5.46 Å². The molecular formula is C23H34BFN2O5. The van der Waals surface area contributed by atoms with Gasteiger partial charge in [-0.15, -0.1) is 0 Å². The third kappa shape index (κ3) is 4.93. The Morgan fingerprint density at radius 1 is 1.12 bits per heavy atom. The minimum atomic E-state index is -0.893. The van der Waals surface area contributed by atoms with Gasteiger partial charge in [0.1, 0.15) is 11.4 Å². The van der Waals surface area contributed by atoms with Crippen LogP contribution in [0.15, 0.2) is 18.2 Å². The van der Waals surface area contributed by atoms with E-state index in [1.807, 2.05) is 55.4 Å². The second kappa shape index (κ2) is 8.34. The van der Waals surface area contributed by atoms with Crippen LogP contribution in [0, 0.1) is 5.82 Å². The molecule has 2 amide bonds. The molecule has 0 saturated carbocycles. The first-order chi connectivity index (χ1) is 14.6. The van der Waals surface area contributed by atoms with E-state index in [2.05, 4.69) is 0 Å². The minimum Gasteiger partial charge on any atom is -0.444 e. The van der Waals surface area contributed by atoms with E-state index in [1.54, 1.807) is 9.80 Å². The molecule has 176 valence electrons. The molecule has 2 aliphatic rings. The normalized spacial score (nSPS) is 22.8. The SMILES string of the molecule is CC1CN(C(=O)c2ccc(F)c(B3OC(C)(C)C(C)(C)O3)c2)CCN1C(=O)OC(C)(C)C. The smallest absolute Gasteiger partial charge is 0.444 e. The molecule has 0 radical (unpaired) electrons. The molecule has 32 heavy (non-hydrogen) atoms. The predicted molar refractivity (Wildman–Crippen MR) is 120 cm³/mol. The van der Waals surface area contributed by atoms with Crippen LogP contribution in [-0.2, 0) is 14.0 Å². The van der Waals surface area contributed by atoms with Gasteiger partial charge in [-0.3, -0.25) is 4.79 Å². The molecule has 2 fully saturated rings. The van der Waals surface area contributed by atoms with E-state index in [4.69, 9.17) is 14.0 Å². The summed E-state index contributed by atoms with van der Waals surface area (Å²) in [6.07, 6.45) is -0.387. The fourth-order valence-corrected chi connectivity index (χ4v) is 3.74. The van der Waals surface area contributed by atoms with Crippen molar-refractivity contribution in [2.24, 2.45) is 0 Å². The standard InChI is InChI=1S/C23H34BFN2O5/c1-15-14-26(11-12-27(15)20(29)30-21(2,3)4)19(28)16-9-10-18(25)17(13-16)24-31-22(5,6)23(7,8)32-24/h9-10,13,15H,11-12,14H2,1-8H3. The average Bonchev–Trinajstić information content (AvgIpc) is 2.87. The molecule has 2 heterocycles. The van der Waals surface area contributed by atoms with Crippen molar-refractivity contribution in [2.45, 2.75) is 78.2 Å². The average molecular weight is 448 g/mol. The maximum atomic E-state index is 14.6. The van der Waals surface area contributed by atoms with Gasteiger partial charge < -0.3 is 23.8 Å². The lowest BCUT2D eigenvalue weighted by atomic mass is 9.78. The Morgan fingerprint density at radius 3 is 2.25 bits per heavy atom. The second-order valence-electron chi connectivity index (χ2n) is 10.6. The van der Waals surface area contributed by atoms with Crippen LogP contribution in [0.5, 0.6) is 0 Å². The van der Waals surface area contributed by atoms with Crippen LogP contribution in [0.25, 0.3) is 0 Å². The second-order valence-corrected chi connectivity index (χ2v) is 10.6.